The fraction of sp³-hybridized carbons (Fsp3) is 0.481. The van der Waals surface area contributed by atoms with Crippen molar-refractivity contribution in [3.05, 3.63) is 64.7 Å². The van der Waals surface area contributed by atoms with E-state index in [1.165, 1.54) is 0 Å². The summed E-state index contributed by atoms with van der Waals surface area (Å²) in [6.45, 7) is 14.0. The summed E-state index contributed by atoms with van der Waals surface area (Å²) in [5, 5.41) is 3.56. The summed E-state index contributed by atoms with van der Waals surface area (Å²) in [4.78, 5) is 28.1. The monoisotopic (exact) mass is 472 g/mol. The summed E-state index contributed by atoms with van der Waals surface area (Å²) < 4.78 is 5.99. The molecule has 0 radical (unpaired) electrons. The molecule has 0 aliphatic rings. The highest BCUT2D eigenvalue weighted by atomic mass is 35.5. The fourth-order valence-electron chi connectivity index (χ4n) is 3.62. The predicted octanol–water partition coefficient (Wildman–Crippen LogP) is 5.74. The van der Waals surface area contributed by atoms with Gasteiger partial charge in [-0.1, -0.05) is 75.7 Å². The molecule has 0 spiro atoms. The summed E-state index contributed by atoms with van der Waals surface area (Å²) in [5.74, 6) is 0.207. The Morgan fingerprint density at radius 2 is 1.61 bits per heavy atom. The quantitative estimate of drug-likeness (QED) is 0.533. The van der Waals surface area contributed by atoms with Crippen molar-refractivity contribution in [2.45, 2.75) is 78.4 Å². The standard InChI is InChI=1S/C27H37ClN2O3/c1-8-22(25(32)29-27(5,6)7)30(17-19-13-9-11-15-21(19)28)24(31)18-33-23-16-12-10-14-20(23)26(2,3)4/h9-16,22H,8,17-18H2,1-7H3,(H,29,32)/t22-/m1/s1. The Bertz CT molecular complexity index is 960. The minimum atomic E-state index is -0.644. The Hall–Kier alpha value is -2.53. The second kappa shape index (κ2) is 11.1. The molecule has 1 atom stereocenters. The van der Waals surface area contributed by atoms with Crippen LogP contribution in [0.2, 0.25) is 5.02 Å². The van der Waals surface area contributed by atoms with Gasteiger partial charge in [0.1, 0.15) is 11.8 Å². The van der Waals surface area contributed by atoms with E-state index in [9.17, 15) is 9.59 Å². The molecule has 0 bridgehead atoms. The van der Waals surface area contributed by atoms with Crippen LogP contribution in [0.4, 0.5) is 0 Å². The van der Waals surface area contributed by atoms with Crippen LogP contribution in [0.1, 0.15) is 66.0 Å². The van der Waals surface area contributed by atoms with E-state index in [1.807, 2.05) is 70.2 Å². The molecule has 180 valence electrons. The van der Waals surface area contributed by atoms with Crippen LogP contribution in [-0.4, -0.2) is 34.9 Å². The van der Waals surface area contributed by atoms with Gasteiger partial charge in [-0.05, 0) is 55.9 Å². The lowest BCUT2D eigenvalue weighted by atomic mass is 9.86. The molecular weight excluding hydrogens is 436 g/mol. The second-order valence-electron chi connectivity index (χ2n) is 10.3. The van der Waals surface area contributed by atoms with Crippen molar-refractivity contribution in [1.82, 2.24) is 10.2 Å². The molecule has 2 rings (SSSR count). The molecule has 2 aromatic rings. The highest BCUT2D eigenvalue weighted by Gasteiger charge is 2.31. The maximum atomic E-state index is 13.4. The van der Waals surface area contributed by atoms with Crippen LogP contribution < -0.4 is 10.1 Å². The number of amides is 2. The molecule has 6 heteroatoms. The van der Waals surface area contributed by atoms with E-state index in [1.54, 1.807) is 11.0 Å². The minimum Gasteiger partial charge on any atom is -0.483 e. The van der Waals surface area contributed by atoms with E-state index in [2.05, 4.69) is 26.1 Å². The molecule has 0 saturated carbocycles. The lowest BCUT2D eigenvalue weighted by Crippen LogP contribution is -2.54. The first-order valence-corrected chi connectivity index (χ1v) is 11.8. The topological polar surface area (TPSA) is 58.6 Å². The zero-order valence-electron chi connectivity index (χ0n) is 20.9. The van der Waals surface area contributed by atoms with Crippen molar-refractivity contribution < 1.29 is 14.3 Å². The predicted molar refractivity (Wildman–Crippen MR) is 135 cm³/mol. The van der Waals surface area contributed by atoms with Crippen LogP contribution >= 0.6 is 11.6 Å². The molecule has 0 saturated heterocycles. The third kappa shape index (κ3) is 7.78. The third-order valence-electron chi connectivity index (χ3n) is 5.23. The molecule has 0 fully saturated rings. The van der Waals surface area contributed by atoms with E-state index in [0.29, 0.717) is 17.2 Å². The Labute approximate surface area is 203 Å². The van der Waals surface area contributed by atoms with Crippen molar-refractivity contribution in [2.24, 2.45) is 0 Å². The number of nitrogens with one attached hydrogen (secondary N) is 1. The van der Waals surface area contributed by atoms with Crippen LogP contribution in [0, 0.1) is 0 Å². The minimum absolute atomic E-state index is 0.130. The fourth-order valence-corrected chi connectivity index (χ4v) is 3.81. The van der Waals surface area contributed by atoms with Crippen molar-refractivity contribution >= 4 is 23.4 Å². The number of carbonyl (C=O) groups is 2. The first-order valence-electron chi connectivity index (χ1n) is 11.4. The van der Waals surface area contributed by atoms with Gasteiger partial charge in [0, 0.05) is 17.1 Å². The van der Waals surface area contributed by atoms with Gasteiger partial charge < -0.3 is 15.0 Å². The first kappa shape index (κ1) is 26.7. The number of ether oxygens (including phenoxy) is 1. The molecule has 1 N–H and O–H groups in total. The van der Waals surface area contributed by atoms with Crippen molar-refractivity contribution in [1.29, 1.82) is 0 Å². The average Bonchev–Trinajstić information content (AvgIpc) is 2.71. The average molecular weight is 473 g/mol. The molecule has 33 heavy (non-hydrogen) atoms. The largest absolute Gasteiger partial charge is 0.483 e. The van der Waals surface area contributed by atoms with Gasteiger partial charge in [-0.25, -0.2) is 0 Å². The molecule has 2 aromatic carbocycles. The van der Waals surface area contributed by atoms with Crippen LogP contribution in [0.3, 0.4) is 0 Å². The first-order chi connectivity index (χ1) is 15.3. The van der Waals surface area contributed by atoms with Gasteiger partial charge in [0.05, 0.1) is 0 Å². The number of halogens is 1. The molecule has 0 heterocycles. The Morgan fingerprint density at radius 3 is 2.18 bits per heavy atom. The lowest BCUT2D eigenvalue weighted by Gasteiger charge is -2.33. The van der Waals surface area contributed by atoms with E-state index in [0.717, 1.165) is 11.1 Å². The Morgan fingerprint density at radius 1 is 1.00 bits per heavy atom. The van der Waals surface area contributed by atoms with Gasteiger partial charge in [-0.3, -0.25) is 9.59 Å². The van der Waals surface area contributed by atoms with Crippen LogP contribution in [0.25, 0.3) is 0 Å². The summed E-state index contributed by atoms with van der Waals surface area (Å²) in [7, 11) is 0. The van der Waals surface area contributed by atoms with E-state index < -0.39 is 11.6 Å². The number of nitrogens with zero attached hydrogens (tertiary/aromatic N) is 1. The Balaban J connectivity index is 2.32. The number of para-hydroxylation sites is 1. The number of rotatable bonds is 8. The SMILES string of the molecule is CC[C@H](C(=O)NC(C)(C)C)N(Cc1ccccc1Cl)C(=O)COc1ccccc1C(C)(C)C. The summed E-state index contributed by atoms with van der Waals surface area (Å²) >= 11 is 6.38. The van der Waals surface area contributed by atoms with Crippen molar-refractivity contribution in [3.8, 4) is 5.75 Å². The molecule has 0 aromatic heterocycles. The van der Waals surface area contributed by atoms with Gasteiger partial charge in [0.2, 0.25) is 5.91 Å². The van der Waals surface area contributed by atoms with Crippen LogP contribution in [-0.2, 0) is 21.5 Å². The van der Waals surface area contributed by atoms with E-state index >= 15 is 0 Å². The molecule has 0 aliphatic heterocycles. The number of hydrogen-bond acceptors (Lipinski definition) is 3. The number of hydrogen-bond donors (Lipinski definition) is 1. The summed E-state index contributed by atoms with van der Waals surface area (Å²) in [6.07, 6.45) is 0.469. The van der Waals surface area contributed by atoms with Gasteiger partial charge >= 0.3 is 0 Å². The highest BCUT2D eigenvalue weighted by Crippen LogP contribution is 2.31. The smallest absolute Gasteiger partial charge is 0.261 e. The van der Waals surface area contributed by atoms with Crippen molar-refractivity contribution in [2.75, 3.05) is 6.61 Å². The zero-order chi connectivity index (χ0) is 24.8. The zero-order valence-corrected chi connectivity index (χ0v) is 21.6. The molecule has 2 amide bonds. The maximum Gasteiger partial charge on any atom is 0.261 e. The van der Waals surface area contributed by atoms with Gasteiger partial charge in [0.25, 0.3) is 5.91 Å². The van der Waals surface area contributed by atoms with Gasteiger partial charge in [-0.2, -0.15) is 0 Å². The molecule has 0 aliphatic carbocycles. The lowest BCUT2D eigenvalue weighted by molar-refractivity contribution is -0.143. The second-order valence-corrected chi connectivity index (χ2v) is 10.7. The molecule has 0 unspecified atom stereocenters. The normalized spacial score (nSPS) is 12.7. The summed E-state index contributed by atoms with van der Waals surface area (Å²) in [5.41, 5.74) is 1.26. The Kier molecular flexibility index (Phi) is 8.96. The number of carbonyl (C=O) groups excluding carboxylic acids is 2. The van der Waals surface area contributed by atoms with E-state index in [4.69, 9.17) is 16.3 Å². The van der Waals surface area contributed by atoms with Gasteiger partial charge in [-0.15, -0.1) is 0 Å². The van der Waals surface area contributed by atoms with Crippen LogP contribution in [0.5, 0.6) is 5.75 Å². The number of benzene rings is 2. The summed E-state index contributed by atoms with van der Waals surface area (Å²) in [6, 6.07) is 14.4. The highest BCUT2D eigenvalue weighted by molar-refractivity contribution is 6.31. The third-order valence-corrected chi connectivity index (χ3v) is 5.60. The van der Waals surface area contributed by atoms with Crippen molar-refractivity contribution in [3.63, 3.8) is 0 Å². The maximum absolute atomic E-state index is 13.4. The van der Waals surface area contributed by atoms with Gasteiger partial charge in [0.15, 0.2) is 6.61 Å². The van der Waals surface area contributed by atoms with Crippen LogP contribution in [0.15, 0.2) is 48.5 Å². The molecular formula is C27H37ClN2O3. The molecule has 5 nitrogen and oxygen atoms in total. The van der Waals surface area contributed by atoms with E-state index in [-0.39, 0.29) is 30.4 Å².